The van der Waals surface area contributed by atoms with E-state index in [1.807, 2.05) is 0 Å². The van der Waals surface area contributed by atoms with Crippen molar-refractivity contribution in [1.29, 1.82) is 0 Å². The fourth-order valence-electron chi connectivity index (χ4n) is 3.00. The first kappa shape index (κ1) is 19.9. The number of alkyl halides is 3. The van der Waals surface area contributed by atoms with Gasteiger partial charge in [0.05, 0.1) is 5.56 Å². The summed E-state index contributed by atoms with van der Waals surface area (Å²) in [5.41, 5.74) is 4.33. The van der Waals surface area contributed by atoms with E-state index >= 15 is 0 Å². The maximum absolute atomic E-state index is 12.6. The number of primary amides is 1. The monoisotopic (exact) mass is 372 g/mol. The number of aliphatic hydroxyl groups excluding tert-OH is 1. The number of ketones is 1. The molecule has 0 heterocycles. The number of nitrogens with one attached hydrogen (secondary N) is 1. The van der Waals surface area contributed by atoms with Gasteiger partial charge in [0, 0.05) is 12.8 Å². The van der Waals surface area contributed by atoms with E-state index < -0.39 is 41.6 Å². The van der Waals surface area contributed by atoms with Crippen LogP contribution in [0.5, 0.6) is 0 Å². The third-order valence-corrected chi connectivity index (χ3v) is 4.40. The van der Waals surface area contributed by atoms with Gasteiger partial charge in [-0.3, -0.25) is 14.4 Å². The Hall–Kier alpha value is -2.42. The zero-order valence-electron chi connectivity index (χ0n) is 13.8. The van der Waals surface area contributed by atoms with Gasteiger partial charge in [-0.25, -0.2) is 0 Å². The van der Waals surface area contributed by atoms with Gasteiger partial charge in [0.1, 0.15) is 11.8 Å². The van der Waals surface area contributed by atoms with E-state index in [-0.39, 0.29) is 17.8 Å². The standard InChI is InChI=1S/C17H19F3N2O4/c18-17(19,20)11-6-4-9(5-7-11)14(24)16(26)22-13(15(21)25)10-2-1-3-12(23)8-10/h4-7,10,13-14,24H,1-3,8H2,(H2,21,25)(H,22,26)/t10-,13-,14-/m1/s1. The number of hydrogen-bond acceptors (Lipinski definition) is 4. The Morgan fingerprint density at radius 1 is 1.23 bits per heavy atom. The van der Waals surface area contributed by atoms with E-state index in [4.69, 9.17) is 5.73 Å². The zero-order chi connectivity index (χ0) is 19.5. The third-order valence-electron chi connectivity index (χ3n) is 4.40. The van der Waals surface area contributed by atoms with Crippen LogP contribution in [0.3, 0.4) is 0 Å². The Morgan fingerprint density at radius 3 is 2.35 bits per heavy atom. The van der Waals surface area contributed by atoms with Crippen LogP contribution in [0.4, 0.5) is 13.2 Å². The molecule has 1 aliphatic rings. The molecule has 2 rings (SSSR count). The number of nitrogens with two attached hydrogens (primary N) is 1. The Balaban J connectivity index is 2.08. The van der Waals surface area contributed by atoms with E-state index in [9.17, 15) is 32.7 Å². The molecule has 9 heteroatoms. The minimum atomic E-state index is -4.53. The highest BCUT2D eigenvalue weighted by molar-refractivity contribution is 5.90. The van der Waals surface area contributed by atoms with Gasteiger partial charge in [-0.2, -0.15) is 13.2 Å². The highest BCUT2D eigenvalue weighted by Crippen LogP contribution is 2.30. The molecule has 6 nitrogen and oxygen atoms in total. The molecule has 1 aliphatic carbocycles. The topological polar surface area (TPSA) is 109 Å². The second-order valence-electron chi connectivity index (χ2n) is 6.31. The maximum atomic E-state index is 12.6. The quantitative estimate of drug-likeness (QED) is 0.727. The van der Waals surface area contributed by atoms with Crippen LogP contribution < -0.4 is 11.1 Å². The summed E-state index contributed by atoms with van der Waals surface area (Å²) in [6, 6.07) is 2.33. The van der Waals surface area contributed by atoms with E-state index in [0.717, 1.165) is 24.3 Å². The van der Waals surface area contributed by atoms with Crippen LogP contribution in [-0.2, 0) is 20.6 Å². The summed E-state index contributed by atoms with van der Waals surface area (Å²) < 4.78 is 37.7. The fraction of sp³-hybridized carbons (Fsp3) is 0.471. The van der Waals surface area contributed by atoms with Gasteiger partial charge in [0.2, 0.25) is 5.91 Å². The molecule has 3 atom stereocenters. The molecule has 0 spiro atoms. The molecule has 142 valence electrons. The van der Waals surface area contributed by atoms with Crippen LogP contribution in [-0.4, -0.2) is 28.7 Å². The van der Waals surface area contributed by atoms with Gasteiger partial charge < -0.3 is 16.2 Å². The van der Waals surface area contributed by atoms with Gasteiger partial charge in [0.15, 0.2) is 6.10 Å². The van der Waals surface area contributed by atoms with Gasteiger partial charge >= 0.3 is 6.18 Å². The largest absolute Gasteiger partial charge is 0.416 e. The predicted octanol–water partition coefficient (Wildman–Crippen LogP) is 1.47. The van der Waals surface area contributed by atoms with Crippen LogP contribution >= 0.6 is 0 Å². The van der Waals surface area contributed by atoms with Crippen molar-refractivity contribution in [2.24, 2.45) is 11.7 Å². The van der Waals surface area contributed by atoms with E-state index in [0.29, 0.717) is 19.3 Å². The lowest BCUT2D eigenvalue weighted by Crippen LogP contribution is -2.51. The normalized spacial score (nSPS) is 20.3. The number of amides is 2. The molecule has 1 saturated carbocycles. The molecule has 0 bridgehead atoms. The smallest absolute Gasteiger partial charge is 0.378 e. The molecule has 1 fully saturated rings. The lowest BCUT2D eigenvalue weighted by Gasteiger charge is -2.28. The summed E-state index contributed by atoms with van der Waals surface area (Å²) in [5, 5.41) is 12.4. The van der Waals surface area contributed by atoms with E-state index in [2.05, 4.69) is 5.32 Å². The van der Waals surface area contributed by atoms with Crippen molar-refractivity contribution in [3.05, 3.63) is 35.4 Å². The lowest BCUT2D eigenvalue weighted by molar-refractivity contribution is -0.137. The predicted molar refractivity (Wildman–Crippen MR) is 84.5 cm³/mol. The molecule has 26 heavy (non-hydrogen) atoms. The summed E-state index contributed by atoms with van der Waals surface area (Å²) in [6.45, 7) is 0. The number of aliphatic hydroxyl groups is 1. The number of hydrogen-bond donors (Lipinski definition) is 3. The first-order valence-corrected chi connectivity index (χ1v) is 8.06. The number of halogens is 3. The molecule has 0 aromatic heterocycles. The highest BCUT2D eigenvalue weighted by atomic mass is 19.4. The summed E-state index contributed by atoms with van der Waals surface area (Å²) >= 11 is 0. The summed E-state index contributed by atoms with van der Waals surface area (Å²) in [6.07, 6.45) is -4.69. The summed E-state index contributed by atoms with van der Waals surface area (Å²) in [7, 11) is 0. The first-order valence-electron chi connectivity index (χ1n) is 8.06. The molecule has 2 amide bonds. The van der Waals surface area contributed by atoms with Crippen molar-refractivity contribution in [2.45, 2.75) is 44.0 Å². The summed E-state index contributed by atoms with van der Waals surface area (Å²) in [5.74, 6) is -2.30. The average molecular weight is 372 g/mol. The van der Waals surface area contributed by atoms with Gasteiger partial charge in [-0.05, 0) is 36.5 Å². The Morgan fingerprint density at radius 2 is 1.85 bits per heavy atom. The lowest BCUT2D eigenvalue weighted by atomic mass is 9.82. The number of carbonyl (C=O) groups excluding carboxylic acids is 3. The molecule has 1 aromatic rings. The first-order chi connectivity index (χ1) is 12.1. The Kier molecular flexibility index (Phi) is 6.01. The number of Topliss-reactive ketones (excluding diaryl/α,β-unsaturated/α-hetero) is 1. The second-order valence-corrected chi connectivity index (χ2v) is 6.31. The summed E-state index contributed by atoms with van der Waals surface area (Å²) in [4.78, 5) is 35.4. The number of carbonyl (C=O) groups is 3. The van der Waals surface area contributed by atoms with Crippen molar-refractivity contribution in [3.8, 4) is 0 Å². The van der Waals surface area contributed by atoms with Crippen molar-refractivity contribution < 1.29 is 32.7 Å². The molecule has 0 radical (unpaired) electrons. The van der Waals surface area contributed by atoms with Crippen LogP contribution in [0.15, 0.2) is 24.3 Å². The number of rotatable bonds is 5. The van der Waals surface area contributed by atoms with Crippen molar-refractivity contribution >= 4 is 17.6 Å². The molecule has 0 aliphatic heterocycles. The minimum Gasteiger partial charge on any atom is -0.378 e. The average Bonchev–Trinajstić information content (AvgIpc) is 2.57. The maximum Gasteiger partial charge on any atom is 0.416 e. The second kappa shape index (κ2) is 7.86. The van der Waals surface area contributed by atoms with Crippen molar-refractivity contribution in [3.63, 3.8) is 0 Å². The third kappa shape index (κ3) is 4.81. The van der Waals surface area contributed by atoms with E-state index in [1.165, 1.54) is 0 Å². The molecular weight excluding hydrogens is 353 g/mol. The van der Waals surface area contributed by atoms with Gasteiger partial charge in [-0.1, -0.05) is 12.1 Å². The van der Waals surface area contributed by atoms with E-state index in [1.54, 1.807) is 0 Å². The van der Waals surface area contributed by atoms with Crippen LogP contribution in [0, 0.1) is 5.92 Å². The highest BCUT2D eigenvalue weighted by Gasteiger charge is 2.34. The zero-order valence-corrected chi connectivity index (χ0v) is 13.8. The molecule has 0 unspecified atom stereocenters. The Labute approximate surface area is 147 Å². The van der Waals surface area contributed by atoms with Crippen molar-refractivity contribution in [2.75, 3.05) is 0 Å². The molecule has 4 N–H and O–H groups in total. The van der Waals surface area contributed by atoms with Crippen molar-refractivity contribution in [1.82, 2.24) is 5.32 Å². The molecule has 1 aromatic carbocycles. The van der Waals surface area contributed by atoms with Gasteiger partial charge in [0.25, 0.3) is 5.91 Å². The number of benzene rings is 1. The fourth-order valence-corrected chi connectivity index (χ4v) is 3.00. The van der Waals surface area contributed by atoms with Crippen LogP contribution in [0.1, 0.15) is 42.9 Å². The van der Waals surface area contributed by atoms with Gasteiger partial charge in [-0.15, -0.1) is 0 Å². The molecular formula is C17H19F3N2O4. The minimum absolute atomic E-state index is 0.0370. The van der Waals surface area contributed by atoms with Crippen LogP contribution in [0.2, 0.25) is 0 Å². The SMILES string of the molecule is NC(=O)[C@H](NC(=O)[C@H](O)c1ccc(C(F)(F)F)cc1)[C@@H]1CCCC(=O)C1. The van der Waals surface area contributed by atoms with Crippen LogP contribution in [0.25, 0.3) is 0 Å². The Bertz CT molecular complexity index is 688. The molecule has 0 saturated heterocycles.